The van der Waals surface area contributed by atoms with Gasteiger partial charge in [-0.05, 0) is 73.9 Å². The second-order valence-electron chi connectivity index (χ2n) is 10.7. The molecule has 0 aliphatic rings. The maximum atomic E-state index is 12.1. The Kier molecular flexibility index (Phi) is 20.5. The second-order valence-corrected chi connectivity index (χ2v) is 15.8. The first kappa shape index (κ1) is 44.1. The van der Waals surface area contributed by atoms with Crippen LogP contribution in [0.1, 0.15) is 11.1 Å². The van der Waals surface area contributed by atoms with Crippen molar-refractivity contribution >= 4 is 82.5 Å². The van der Waals surface area contributed by atoms with E-state index in [1.165, 1.54) is 9.79 Å². The Morgan fingerprint density at radius 3 is 1.25 bits per heavy atom. The smallest absolute Gasteiger partial charge is 0.330 e. The molecule has 3 aromatic carbocycles. The minimum absolute atomic E-state index is 0.0423. The minimum atomic E-state index is -0.689. The zero-order valence-electron chi connectivity index (χ0n) is 30.3. The van der Waals surface area contributed by atoms with Crippen molar-refractivity contribution in [1.82, 2.24) is 0 Å². The molecule has 3 aromatic rings. The van der Waals surface area contributed by atoms with E-state index in [1.54, 1.807) is 94.8 Å². The number of ether oxygens (including phenoxy) is 6. The number of hydrogen-bond donors (Lipinski definition) is 0. The Morgan fingerprint density at radius 1 is 0.577 bits per heavy atom. The molecule has 0 radical (unpaired) electrons. The molecule has 0 amide bonds. The van der Waals surface area contributed by atoms with E-state index in [1.807, 2.05) is 25.0 Å². The SMILES string of the molecule is C=CC(=O)OC(COCc1c(SC)cc(SC)cc1SC)COc1cccc(OCC(COCc2c(SC)cc(SC)cc2SC)OC(=O)C=C)c1. The molecule has 8 nitrogen and oxygen atoms in total. The van der Waals surface area contributed by atoms with Crippen molar-refractivity contribution in [3.8, 4) is 11.5 Å². The van der Waals surface area contributed by atoms with Crippen LogP contribution in [0.3, 0.4) is 0 Å². The molecule has 0 saturated carbocycles. The molecule has 0 fully saturated rings. The molecule has 2 atom stereocenters. The van der Waals surface area contributed by atoms with Gasteiger partial charge in [0.05, 0.1) is 26.4 Å². The van der Waals surface area contributed by atoms with E-state index in [4.69, 9.17) is 28.4 Å². The Labute approximate surface area is 333 Å². The molecular formula is C38H46O8S6. The quantitative estimate of drug-likeness (QED) is 0.0488. The summed E-state index contributed by atoms with van der Waals surface area (Å²) in [6.07, 6.45) is 13.2. The molecule has 0 saturated heterocycles. The van der Waals surface area contributed by atoms with Gasteiger partial charge in [-0.15, -0.1) is 70.6 Å². The lowest BCUT2D eigenvalue weighted by Crippen LogP contribution is -2.29. The van der Waals surface area contributed by atoms with Crippen molar-refractivity contribution in [1.29, 1.82) is 0 Å². The topological polar surface area (TPSA) is 89.5 Å². The third kappa shape index (κ3) is 14.2. The second kappa shape index (κ2) is 24.2. The number of thioether (sulfide) groups is 6. The fourth-order valence-electron chi connectivity index (χ4n) is 4.71. The van der Waals surface area contributed by atoms with E-state index < -0.39 is 24.1 Å². The highest BCUT2D eigenvalue weighted by molar-refractivity contribution is 8.00. The van der Waals surface area contributed by atoms with Crippen molar-refractivity contribution in [3.63, 3.8) is 0 Å². The molecule has 0 N–H and O–H groups in total. The zero-order chi connectivity index (χ0) is 37.9. The summed E-state index contributed by atoms with van der Waals surface area (Å²) in [5.41, 5.74) is 2.19. The summed E-state index contributed by atoms with van der Waals surface area (Å²) in [5, 5.41) is 0. The summed E-state index contributed by atoms with van der Waals surface area (Å²) in [6.45, 7) is 8.08. The van der Waals surface area contributed by atoms with Crippen molar-refractivity contribution in [2.24, 2.45) is 0 Å². The lowest BCUT2D eigenvalue weighted by atomic mass is 10.2. The molecular weight excluding hydrogens is 777 g/mol. The largest absolute Gasteiger partial charge is 0.489 e. The molecule has 14 heteroatoms. The minimum Gasteiger partial charge on any atom is -0.489 e. The van der Waals surface area contributed by atoms with Crippen molar-refractivity contribution < 1.29 is 38.0 Å². The zero-order valence-corrected chi connectivity index (χ0v) is 35.2. The van der Waals surface area contributed by atoms with Crippen LogP contribution in [0, 0.1) is 0 Å². The summed E-state index contributed by atoms with van der Waals surface area (Å²) in [7, 11) is 0. The van der Waals surface area contributed by atoms with Crippen LogP contribution in [0.15, 0.2) is 103 Å². The molecule has 0 bridgehead atoms. The maximum absolute atomic E-state index is 12.1. The van der Waals surface area contributed by atoms with E-state index in [0.717, 1.165) is 42.9 Å². The Balaban J connectivity index is 1.63. The van der Waals surface area contributed by atoms with Crippen LogP contribution in [0.5, 0.6) is 11.5 Å². The highest BCUT2D eigenvalue weighted by Crippen LogP contribution is 2.36. The Hall–Kier alpha value is -2.30. The molecule has 0 spiro atoms. The number of rotatable bonds is 24. The first-order valence-corrected chi connectivity index (χ1v) is 23.3. The summed E-state index contributed by atoms with van der Waals surface area (Å²) in [5.74, 6) is -0.139. The van der Waals surface area contributed by atoms with E-state index >= 15 is 0 Å². The molecule has 0 aromatic heterocycles. The fraction of sp³-hybridized carbons (Fsp3) is 0.368. The van der Waals surface area contributed by atoms with Gasteiger partial charge in [-0.25, -0.2) is 9.59 Å². The van der Waals surface area contributed by atoms with Gasteiger partial charge >= 0.3 is 11.9 Å². The van der Waals surface area contributed by atoms with Crippen LogP contribution in [-0.4, -0.2) is 88.1 Å². The molecule has 2 unspecified atom stereocenters. The summed E-state index contributed by atoms with van der Waals surface area (Å²) >= 11 is 10.1. The van der Waals surface area contributed by atoms with Gasteiger partial charge in [-0.1, -0.05) is 19.2 Å². The van der Waals surface area contributed by atoms with Gasteiger partial charge in [0.25, 0.3) is 0 Å². The number of carbonyl (C=O) groups excluding carboxylic acids is 2. The summed E-state index contributed by atoms with van der Waals surface area (Å²) < 4.78 is 35.3. The van der Waals surface area contributed by atoms with Crippen LogP contribution in [0.4, 0.5) is 0 Å². The van der Waals surface area contributed by atoms with Gasteiger partial charge in [0, 0.05) is 58.7 Å². The van der Waals surface area contributed by atoms with Crippen molar-refractivity contribution in [2.45, 2.75) is 54.8 Å². The molecule has 3 rings (SSSR count). The van der Waals surface area contributed by atoms with Crippen LogP contribution >= 0.6 is 70.6 Å². The molecule has 0 aliphatic heterocycles. The van der Waals surface area contributed by atoms with Crippen LogP contribution in [0.2, 0.25) is 0 Å². The van der Waals surface area contributed by atoms with E-state index in [-0.39, 0.29) is 26.4 Å². The molecule has 52 heavy (non-hydrogen) atoms. The normalized spacial score (nSPS) is 12.1. The summed E-state index contributed by atoms with van der Waals surface area (Å²) in [4.78, 5) is 31.3. The highest BCUT2D eigenvalue weighted by atomic mass is 32.2. The van der Waals surface area contributed by atoms with Gasteiger partial charge in [-0.2, -0.15) is 0 Å². The van der Waals surface area contributed by atoms with Crippen LogP contribution in [-0.2, 0) is 41.8 Å². The Bertz CT molecular complexity index is 1470. The standard InChI is InChI=1S/C38H46O8S6/c1-9-37(39)45-27(19-41-23-31-33(49-5)15-29(47-3)16-34(31)50-6)21-43-25-12-11-13-26(14-25)44-22-28(46-38(40)10-2)20-42-24-32-35(51-7)17-30(48-4)18-36(32)52-8/h9-18,27-28H,1-2,19-24H2,3-8H3. The third-order valence-corrected chi connectivity index (χ3v) is 11.9. The number of hydrogen-bond acceptors (Lipinski definition) is 14. The molecule has 0 aliphatic carbocycles. The van der Waals surface area contributed by atoms with Gasteiger partial charge in [0.15, 0.2) is 12.2 Å². The molecule has 282 valence electrons. The fourth-order valence-corrected chi connectivity index (χ4v) is 8.73. The lowest BCUT2D eigenvalue weighted by molar-refractivity contribution is -0.149. The monoisotopic (exact) mass is 822 g/mol. The lowest BCUT2D eigenvalue weighted by Gasteiger charge is -2.20. The van der Waals surface area contributed by atoms with Gasteiger partial charge in [-0.3, -0.25) is 0 Å². The third-order valence-electron chi connectivity index (χ3n) is 7.31. The number of esters is 2. The highest BCUT2D eigenvalue weighted by Gasteiger charge is 2.19. The van der Waals surface area contributed by atoms with Gasteiger partial charge in [0.2, 0.25) is 0 Å². The average molecular weight is 823 g/mol. The van der Waals surface area contributed by atoms with E-state index in [2.05, 4.69) is 49.9 Å². The predicted molar refractivity (Wildman–Crippen MR) is 220 cm³/mol. The maximum Gasteiger partial charge on any atom is 0.330 e. The Morgan fingerprint density at radius 2 is 0.942 bits per heavy atom. The average Bonchev–Trinajstić information content (AvgIpc) is 3.18. The van der Waals surface area contributed by atoms with E-state index in [9.17, 15) is 9.59 Å². The summed E-state index contributed by atoms with van der Waals surface area (Å²) in [6, 6.07) is 15.7. The van der Waals surface area contributed by atoms with E-state index in [0.29, 0.717) is 24.7 Å². The van der Waals surface area contributed by atoms with Crippen LogP contribution in [0.25, 0.3) is 0 Å². The van der Waals surface area contributed by atoms with Gasteiger partial charge in [0.1, 0.15) is 24.7 Å². The molecule has 0 heterocycles. The first-order valence-electron chi connectivity index (χ1n) is 16.0. The number of benzene rings is 3. The predicted octanol–water partition coefficient (Wildman–Crippen LogP) is 9.40. The number of carbonyl (C=O) groups is 2. The van der Waals surface area contributed by atoms with Crippen LogP contribution < -0.4 is 9.47 Å². The van der Waals surface area contributed by atoms with Gasteiger partial charge < -0.3 is 28.4 Å². The van der Waals surface area contributed by atoms with Crippen molar-refractivity contribution in [2.75, 3.05) is 64.0 Å². The van der Waals surface area contributed by atoms with Crippen molar-refractivity contribution in [3.05, 3.63) is 85.0 Å². The first-order chi connectivity index (χ1) is 25.2.